The normalized spacial score (nSPS) is 16.4. The van der Waals surface area contributed by atoms with Crippen molar-refractivity contribution in [2.75, 3.05) is 13.1 Å². The molecule has 1 aliphatic rings. The number of nitrogens with one attached hydrogen (secondary N) is 1. The van der Waals surface area contributed by atoms with Gasteiger partial charge in [-0.3, -0.25) is 4.79 Å². The van der Waals surface area contributed by atoms with Crippen molar-refractivity contribution >= 4 is 16.7 Å². The molecule has 186 valence electrons. The molecule has 1 heterocycles. The van der Waals surface area contributed by atoms with E-state index in [1.807, 2.05) is 18.2 Å². The SMILES string of the molecule is CC(NC(=O)c1ccc2c(Oc3ccc(C(F)(F)F)cc3)cccc2c1)C1CCN(C(C)C)CC1. The van der Waals surface area contributed by atoms with Crippen LogP contribution in [0.5, 0.6) is 11.5 Å². The largest absolute Gasteiger partial charge is 0.457 e. The molecular formula is C28H31F3N2O2. The molecular weight excluding hydrogens is 453 g/mol. The Labute approximate surface area is 204 Å². The molecule has 3 aromatic rings. The number of fused-ring (bicyclic) bond motifs is 1. The number of benzene rings is 3. The number of carbonyl (C=O) groups excluding carboxylic acids is 1. The van der Waals surface area contributed by atoms with Gasteiger partial charge >= 0.3 is 6.18 Å². The third kappa shape index (κ3) is 5.96. The second-order valence-corrected chi connectivity index (χ2v) is 9.55. The summed E-state index contributed by atoms with van der Waals surface area (Å²) in [6.45, 7) is 8.61. The van der Waals surface area contributed by atoms with E-state index in [0.717, 1.165) is 48.8 Å². The highest BCUT2D eigenvalue weighted by molar-refractivity contribution is 6.00. The van der Waals surface area contributed by atoms with E-state index in [0.29, 0.717) is 29.0 Å². The summed E-state index contributed by atoms with van der Waals surface area (Å²) < 4.78 is 44.3. The maximum atomic E-state index is 13.0. The minimum absolute atomic E-state index is 0.0850. The minimum atomic E-state index is -4.39. The van der Waals surface area contributed by atoms with Gasteiger partial charge in [-0.05, 0) is 107 Å². The van der Waals surface area contributed by atoms with Gasteiger partial charge in [-0.2, -0.15) is 13.2 Å². The number of hydrogen-bond acceptors (Lipinski definition) is 3. The van der Waals surface area contributed by atoms with Gasteiger partial charge < -0.3 is 15.0 Å². The Balaban J connectivity index is 1.44. The van der Waals surface area contributed by atoms with Crippen LogP contribution in [-0.2, 0) is 6.18 Å². The Kier molecular flexibility index (Phi) is 7.36. The third-order valence-electron chi connectivity index (χ3n) is 6.88. The molecule has 0 aromatic heterocycles. The molecule has 4 rings (SSSR count). The van der Waals surface area contributed by atoms with E-state index < -0.39 is 11.7 Å². The molecule has 0 spiro atoms. The minimum Gasteiger partial charge on any atom is -0.457 e. The standard InChI is InChI=1S/C28H31F3N2O2/c1-18(2)33-15-13-20(14-16-33)19(3)32-27(34)22-7-12-25-21(17-22)5-4-6-26(25)35-24-10-8-23(9-11-24)28(29,30)31/h4-12,17-20H,13-16H2,1-3H3,(H,32,34). The molecule has 7 heteroatoms. The third-order valence-corrected chi connectivity index (χ3v) is 6.88. The van der Waals surface area contributed by atoms with Crippen LogP contribution in [0.2, 0.25) is 0 Å². The van der Waals surface area contributed by atoms with Gasteiger partial charge in [-0.1, -0.05) is 12.1 Å². The smallest absolute Gasteiger partial charge is 0.416 e. The maximum Gasteiger partial charge on any atom is 0.416 e. The van der Waals surface area contributed by atoms with Crippen molar-refractivity contribution < 1.29 is 22.7 Å². The number of piperidine rings is 1. The van der Waals surface area contributed by atoms with Crippen molar-refractivity contribution in [2.24, 2.45) is 5.92 Å². The molecule has 0 aliphatic carbocycles. The number of rotatable bonds is 6. The molecule has 0 radical (unpaired) electrons. The Morgan fingerprint density at radius 1 is 1.00 bits per heavy atom. The fourth-order valence-corrected chi connectivity index (χ4v) is 4.67. The number of amides is 1. The summed E-state index contributed by atoms with van der Waals surface area (Å²) in [5, 5.41) is 4.76. The number of likely N-dealkylation sites (tertiary alicyclic amines) is 1. The first kappa shape index (κ1) is 25.0. The van der Waals surface area contributed by atoms with Gasteiger partial charge in [0.15, 0.2) is 0 Å². The van der Waals surface area contributed by atoms with Crippen LogP contribution in [0.15, 0.2) is 60.7 Å². The van der Waals surface area contributed by atoms with Gasteiger partial charge in [0.05, 0.1) is 5.56 Å². The Bertz CT molecular complexity index is 1170. The first-order valence-corrected chi connectivity index (χ1v) is 12.0. The van der Waals surface area contributed by atoms with Crippen molar-refractivity contribution in [3.8, 4) is 11.5 Å². The Morgan fingerprint density at radius 2 is 1.69 bits per heavy atom. The van der Waals surface area contributed by atoms with Gasteiger partial charge in [-0.15, -0.1) is 0 Å². The first-order chi connectivity index (χ1) is 16.6. The number of alkyl halides is 3. The molecule has 0 bridgehead atoms. The number of hydrogen-bond donors (Lipinski definition) is 1. The predicted molar refractivity (Wildman–Crippen MR) is 132 cm³/mol. The van der Waals surface area contributed by atoms with Crippen LogP contribution in [0.4, 0.5) is 13.2 Å². The van der Waals surface area contributed by atoms with E-state index in [4.69, 9.17) is 4.74 Å². The van der Waals surface area contributed by atoms with Crippen LogP contribution < -0.4 is 10.1 Å². The molecule has 1 saturated heterocycles. The first-order valence-electron chi connectivity index (χ1n) is 12.0. The van der Waals surface area contributed by atoms with Crippen LogP contribution in [0, 0.1) is 5.92 Å². The summed E-state index contributed by atoms with van der Waals surface area (Å²) in [7, 11) is 0. The average molecular weight is 485 g/mol. The predicted octanol–water partition coefficient (Wildman–Crippen LogP) is 6.89. The highest BCUT2D eigenvalue weighted by Gasteiger charge is 2.30. The summed E-state index contributed by atoms with van der Waals surface area (Å²) in [6, 6.07) is 16.1. The van der Waals surface area contributed by atoms with Crippen LogP contribution in [0.25, 0.3) is 10.8 Å². The molecule has 1 atom stereocenters. The summed E-state index contributed by atoms with van der Waals surface area (Å²) in [6.07, 6.45) is -2.25. The zero-order chi connectivity index (χ0) is 25.2. The lowest BCUT2D eigenvalue weighted by atomic mass is 9.89. The number of nitrogens with zero attached hydrogens (tertiary/aromatic N) is 1. The van der Waals surface area contributed by atoms with Gasteiger partial charge in [-0.25, -0.2) is 0 Å². The molecule has 1 N–H and O–H groups in total. The lowest BCUT2D eigenvalue weighted by Crippen LogP contribution is -2.45. The molecule has 1 amide bonds. The molecule has 1 fully saturated rings. The van der Waals surface area contributed by atoms with Crippen LogP contribution in [0.3, 0.4) is 0 Å². The van der Waals surface area contributed by atoms with E-state index in [2.05, 4.69) is 31.0 Å². The van der Waals surface area contributed by atoms with Crippen molar-refractivity contribution in [1.29, 1.82) is 0 Å². The van der Waals surface area contributed by atoms with E-state index in [9.17, 15) is 18.0 Å². The van der Waals surface area contributed by atoms with Crippen molar-refractivity contribution in [1.82, 2.24) is 10.2 Å². The topological polar surface area (TPSA) is 41.6 Å². The van der Waals surface area contributed by atoms with E-state index in [1.54, 1.807) is 18.2 Å². The fourth-order valence-electron chi connectivity index (χ4n) is 4.67. The molecule has 4 nitrogen and oxygen atoms in total. The lowest BCUT2D eigenvalue weighted by molar-refractivity contribution is -0.137. The van der Waals surface area contributed by atoms with Crippen molar-refractivity contribution in [3.63, 3.8) is 0 Å². The number of halogens is 3. The molecule has 35 heavy (non-hydrogen) atoms. The van der Waals surface area contributed by atoms with E-state index in [-0.39, 0.29) is 11.9 Å². The van der Waals surface area contributed by atoms with Gasteiger partial charge in [0.1, 0.15) is 11.5 Å². The Hall–Kier alpha value is -3.06. The molecule has 1 aliphatic heterocycles. The summed E-state index contributed by atoms with van der Waals surface area (Å²) >= 11 is 0. The van der Waals surface area contributed by atoms with Crippen molar-refractivity contribution in [2.45, 2.75) is 51.9 Å². The quantitative estimate of drug-likeness (QED) is 0.414. The number of ether oxygens (including phenoxy) is 1. The molecule has 3 aromatic carbocycles. The number of carbonyl (C=O) groups is 1. The second kappa shape index (κ2) is 10.3. The van der Waals surface area contributed by atoms with Gasteiger partial charge in [0.2, 0.25) is 0 Å². The maximum absolute atomic E-state index is 13.0. The van der Waals surface area contributed by atoms with Crippen LogP contribution >= 0.6 is 0 Å². The highest BCUT2D eigenvalue weighted by Crippen LogP contribution is 2.34. The molecule has 0 saturated carbocycles. The summed E-state index contributed by atoms with van der Waals surface area (Å²) in [4.78, 5) is 15.4. The monoisotopic (exact) mass is 484 g/mol. The highest BCUT2D eigenvalue weighted by atomic mass is 19.4. The van der Waals surface area contributed by atoms with Crippen LogP contribution in [0.1, 0.15) is 49.5 Å². The fraction of sp³-hybridized carbons (Fsp3) is 0.393. The van der Waals surface area contributed by atoms with Gasteiger partial charge in [0, 0.05) is 23.0 Å². The summed E-state index contributed by atoms with van der Waals surface area (Å²) in [5.41, 5.74) is -0.159. The summed E-state index contributed by atoms with van der Waals surface area (Å²) in [5.74, 6) is 1.17. The zero-order valence-electron chi connectivity index (χ0n) is 20.2. The van der Waals surface area contributed by atoms with E-state index >= 15 is 0 Å². The van der Waals surface area contributed by atoms with Gasteiger partial charge in [0.25, 0.3) is 5.91 Å². The molecule has 1 unspecified atom stereocenters. The average Bonchev–Trinajstić information content (AvgIpc) is 2.83. The van der Waals surface area contributed by atoms with E-state index in [1.165, 1.54) is 12.1 Å². The zero-order valence-corrected chi connectivity index (χ0v) is 20.2. The van der Waals surface area contributed by atoms with Crippen molar-refractivity contribution in [3.05, 3.63) is 71.8 Å². The Morgan fingerprint density at radius 3 is 2.31 bits per heavy atom. The lowest BCUT2D eigenvalue weighted by Gasteiger charge is -2.37. The van der Waals surface area contributed by atoms with Crippen LogP contribution in [-0.4, -0.2) is 36.0 Å². The second-order valence-electron chi connectivity index (χ2n) is 9.55.